The lowest BCUT2D eigenvalue weighted by Gasteiger charge is -2.29. The number of hydrogen-bond acceptors (Lipinski definition) is 2. The maximum atomic E-state index is 12.3. The van der Waals surface area contributed by atoms with Gasteiger partial charge in [-0.2, -0.15) is 0 Å². The quantitative estimate of drug-likeness (QED) is 0.762. The monoisotopic (exact) mass is 294 g/mol. The first-order valence-electron chi connectivity index (χ1n) is 9.17. The molecule has 2 rings (SSSR count). The van der Waals surface area contributed by atoms with E-state index in [4.69, 9.17) is 0 Å². The second kappa shape index (κ2) is 8.77. The molecule has 0 bridgehead atoms. The Morgan fingerprint density at radius 2 is 1.71 bits per heavy atom. The molecule has 1 amide bonds. The lowest BCUT2D eigenvalue weighted by Crippen LogP contribution is -2.40. The van der Waals surface area contributed by atoms with Gasteiger partial charge in [0.05, 0.1) is 0 Å². The molecule has 21 heavy (non-hydrogen) atoms. The lowest BCUT2D eigenvalue weighted by molar-refractivity contribution is -0.123. The van der Waals surface area contributed by atoms with E-state index in [2.05, 4.69) is 24.5 Å². The van der Waals surface area contributed by atoms with Crippen LogP contribution < -0.4 is 10.6 Å². The molecule has 1 heterocycles. The SMILES string of the molecule is CC(CC(=O)N[C@@H](C)C1CCCCCC1)C1CCCNC1. The Balaban J connectivity index is 1.72. The summed E-state index contributed by atoms with van der Waals surface area (Å²) < 4.78 is 0. The summed E-state index contributed by atoms with van der Waals surface area (Å²) in [7, 11) is 0. The molecule has 1 saturated heterocycles. The highest BCUT2D eigenvalue weighted by Gasteiger charge is 2.24. The molecule has 0 aromatic carbocycles. The van der Waals surface area contributed by atoms with E-state index >= 15 is 0 Å². The van der Waals surface area contributed by atoms with Crippen molar-refractivity contribution in [3.8, 4) is 0 Å². The molecule has 3 heteroatoms. The second-order valence-electron chi connectivity index (χ2n) is 7.40. The van der Waals surface area contributed by atoms with Gasteiger partial charge in [0.1, 0.15) is 0 Å². The van der Waals surface area contributed by atoms with Gasteiger partial charge in [0.2, 0.25) is 5.91 Å². The van der Waals surface area contributed by atoms with Crippen LogP contribution in [0.2, 0.25) is 0 Å². The van der Waals surface area contributed by atoms with Gasteiger partial charge in [-0.25, -0.2) is 0 Å². The predicted octanol–water partition coefficient (Wildman–Crippen LogP) is 3.49. The smallest absolute Gasteiger partial charge is 0.220 e. The summed E-state index contributed by atoms with van der Waals surface area (Å²) in [6.45, 7) is 6.69. The standard InChI is InChI=1S/C18H34N2O/c1-14(17-10-7-11-19-13-17)12-18(21)20-15(2)16-8-5-3-4-6-9-16/h14-17,19H,3-13H2,1-2H3,(H,20,21)/t14?,15-,17?/m0/s1. The van der Waals surface area contributed by atoms with Crippen molar-refractivity contribution in [2.75, 3.05) is 13.1 Å². The highest BCUT2D eigenvalue weighted by atomic mass is 16.1. The lowest BCUT2D eigenvalue weighted by atomic mass is 9.85. The van der Waals surface area contributed by atoms with Crippen molar-refractivity contribution in [3.05, 3.63) is 0 Å². The van der Waals surface area contributed by atoms with Crippen LogP contribution in [0.5, 0.6) is 0 Å². The largest absolute Gasteiger partial charge is 0.353 e. The normalized spacial score (nSPS) is 27.6. The zero-order valence-corrected chi connectivity index (χ0v) is 14.0. The minimum atomic E-state index is 0.268. The minimum absolute atomic E-state index is 0.268. The molecule has 2 N–H and O–H groups in total. The fourth-order valence-electron chi connectivity index (χ4n) is 4.07. The number of nitrogens with one attached hydrogen (secondary N) is 2. The first-order valence-corrected chi connectivity index (χ1v) is 9.17. The van der Waals surface area contributed by atoms with E-state index in [9.17, 15) is 4.79 Å². The molecule has 1 saturated carbocycles. The molecule has 2 unspecified atom stereocenters. The summed E-state index contributed by atoms with van der Waals surface area (Å²) in [5, 5.41) is 6.74. The third-order valence-corrected chi connectivity index (χ3v) is 5.64. The molecule has 0 spiro atoms. The Morgan fingerprint density at radius 3 is 2.33 bits per heavy atom. The molecule has 0 aromatic heterocycles. The number of rotatable bonds is 5. The van der Waals surface area contributed by atoms with Crippen LogP contribution in [0, 0.1) is 17.8 Å². The van der Waals surface area contributed by atoms with Crippen LogP contribution in [0.1, 0.15) is 71.6 Å². The minimum Gasteiger partial charge on any atom is -0.353 e. The third-order valence-electron chi connectivity index (χ3n) is 5.64. The summed E-state index contributed by atoms with van der Waals surface area (Å²) in [5.74, 6) is 2.14. The predicted molar refractivity (Wildman–Crippen MR) is 88.2 cm³/mol. The molecule has 1 aliphatic carbocycles. The highest BCUT2D eigenvalue weighted by molar-refractivity contribution is 5.76. The van der Waals surface area contributed by atoms with Crippen LogP contribution in [0.3, 0.4) is 0 Å². The van der Waals surface area contributed by atoms with Crippen LogP contribution in [-0.4, -0.2) is 25.0 Å². The summed E-state index contributed by atoms with van der Waals surface area (Å²) in [6, 6.07) is 0.354. The number of hydrogen-bond donors (Lipinski definition) is 2. The van der Waals surface area contributed by atoms with Gasteiger partial charge in [-0.1, -0.05) is 32.6 Å². The maximum Gasteiger partial charge on any atom is 0.220 e. The van der Waals surface area contributed by atoms with Gasteiger partial charge in [0, 0.05) is 12.5 Å². The van der Waals surface area contributed by atoms with Gasteiger partial charge in [0.15, 0.2) is 0 Å². The average Bonchev–Trinajstić information content (AvgIpc) is 2.77. The Bertz CT molecular complexity index is 304. The molecular weight excluding hydrogens is 260 g/mol. The van der Waals surface area contributed by atoms with Crippen molar-refractivity contribution in [1.82, 2.24) is 10.6 Å². The number of piperidine rings is 1. The van der Waals surface area contributed by atoms with E-state index in [1.807, 2.05) is 0 Å². The van der Waals surface area contributed by atoms with Gasteiger partial charge in [-0.3, -0.25) is 4.79 Å². The third kappa shape index (κ3) is 5.61. The molecular formula is C18H34N2O. The number of amides is 1. The van der Waals surface area contributed by atoms with E-state index < -0.39 is 0 Å². The van der Waals surface area contributed by atoms with Crippen LogP contribution >= 0.6 is 0 Å². The average molecular weight is 294 g/mol. The zero-order valence-electron chi connectivity index (χ0n) is 14.0. The Labute approximate surface area is 130 Å². The molecule has 0 radical (unpaired) electrons. The van der Waals surface area contributed by atoms with Crippen LogP contribution in [0.25, 0.3) is 0 Å². The fraction of sp³-hybridized carbons (Fsp3) is 0.944. The Hall–Kier alpha value is -0.570. The van der Waals surface area contributed by atoms with E-state index in [1.165, 1.54) is 51.4 Å². The highest BCUT2D eigenvalue weighted by Crippen LogP contribution is 2.26. The topological polar surface area (TPSA) is 41.1 Å². The van der Waals surface area contributed by atoms with Crippen LogP contribution in [0.15, 0.2) is 0 Å². The zero-order chi connectivity index (χ0) is 15.1. The fourth-order valence-corrected chi connectivity index (χ4v) is 4.07. The Kier molecular flexibility index (Phi) is 7.01. The molecule has 122 valence electrons. The van der Waals surface area contributed by atoms with Crippen molar-refractivity contribution in [3.63, 3.8) is 0 Å². The van der Waals surface area contributed by atoms with Crippen molar-refractivity contribution in [1.29, 1.82) is 0 Å². The molecule has 0 aromatic rings. The molecule has 2 fully saturated rings. The van der Waals surface area contributed by atoms with Gasteiger partial charge < -0.3 is 10.6 Å². The van der Waals surface area contributed by atoms with Crippen molar-refractivity contribution in [2.24, 2.45) is 17.8 Å². The van der Waals surface area contributed by atoms with Gasteiger partial charge in [-0.05, 0) is 63.5 Å². The number of carbonyl (C=O) groups excluding carboxylic acids is 1. The summed E-state index contributed by atoms with van der Waals surface area (Å²) in [6.07, 6.45) is 11.3. The van der Waals surface area contributed by atoms with Crippen molar-refractivity contribution >= 4 is 5.91 Å². The van der Waals surface area contributed by atoms with Gasteiger partial charge >= 0.3 is 0 Å². The first kappa shape index (κ1) is 16.8. The molecule has 1 aliphatic heterocycles. The molecule has 3 atom stereocenters. The number of carbonyl (C=O) groups is 1. The summed E-state index contributed by atoms with van der Waals surface area (Å²) in [5.41, 5.74) is 0. The van der Waals surface area contributed by atoms with Crippen molar-refractivity contribution < 1.29 is 4.79 Å². The van der Waals surface area contributed by atoms with Crippen molar-refractivity contribution in [2.45, 2.75) is 77.7 Å². The second-order valence-corrected chi connectivity index (χ2v) is 7.40. The molecule has 2 aliphatic rings. The van der Waals surface area contributed by atoms with E-state index in [0.717, 1.165) is 13.1 Å². The van der Waals surface area contributed by atoms with E-state index in [0.29, 0.717) is 30.2 Å². The molecule has 3 nitrogen and oxygen atoms in total. The van der Waals surface area contributed by atoms with Crippen LogP contribution in [0.4, 0.5) is 0 Å². The first-order chi connectivity index (χ1) is 10.2. The Morgan fingerprint density at radius 1 is 1.05 bits per heavy atom. The van der Waals surface area contributed by atoms with E-state index in [-0.39, 0.29) is 5.91 Å². The maximum absolute atomic E-state index is 12.3. The summed E-state index contributed by atoms with van der Waals surface area (Å²) >= 11 is 0. The van der Waals surface area contributed by atoms with Gasteiger partial charge in [0.25, 0.3) is 0 Å². The summed E-state index contributed by atoms with van der Waals surface area (Å²) in [4.78, 5) is 12.3. The van der Waals surface area contributed by atoms with E-state index in [1.54, 1.807) is 0 Å². The van der Waals surface area contributed by atoms with Crippen LogP contribution in [-0.2, 0) is 4.79 Å². The van der Waals surface area contributed by atoms with Gasteiger partial charge in [-0.15, -0.1) is 0 Å².